The molecule has 1 aliphatic heterocycles. The van der Waals surface area contributed by atoms with Gasteiger partial charge in [0, 0.05) is 55.6 Å². The fourth-order valence-electron chi connectivity index (χ4n) is 3.82. The number of aryl methyl sites for hydroxylation is 1. The molecule has 1 amide bonds. The van der Waals surface area contributed by atoms with E-state index in [0.717, 1.165) is 16.8 Å². The van der Waals surface area contributed by atoms with Crippen LogP contribution in [0.15, 0.2) is 66.0 Å². The van der Waals surface area contributed by atoms with Crippen LogP contribution in [0.4, 0.5) is 0 Å². The van der Waals surface area contributed by atoms with E-state index in [4.69, 9.17) is 4.52 Å². The third kappa shape index (κ3) is 3.77. The van der Waals surface area contributed by atoms with E-state index in [1.165, 1.54) is 6.20 Å². The zero-order chi connectivity index (χ0) is 21.2. The summed E-state index contributed by atoms with van der Waals surface area (Å²) in [6.07, 6.45) is 10.0. The summed E-state index contributed by atoms with van der Waals surface area (Å²) < 4.78 is 5.64. The molecule has 0 N–H and O–H groups in total. The van der Waals surface area contributed by atoms with E-state index in [-0.39, 0.29) is 17.7 Å². The summed E-state index contributed by atoms with van der Waals surface area (Å²) in [6.45, 7) is 2.77. The Morgan fingerprint density at radius 1 is 1.00 bits per heavy atom. The minimum Gasteiger partial charge on any atom is -0.339 e. The maximum Gasteiger partial charge on any atom is 0.274 e. The summed E-state index contributed by atoms with van der Waals surface area (Å²) in [5.74, 6) is 0.636. The van der Waals surface area contributed by atoms with Crippen LogP contribution in [0.2, 0.25) is 0 Å². The zero-order valence-electron chi connectivity index (χ0n) is 16.8. The van der Waals surface area contributed by atoms with Crippen LogP contribution in [0.3, 0.4) is 0 Å². The Hall–Kier alpha value is -4.01. The Balaban J connectivity index is 1.46. The van der Waals surface area contributed by atoms with E-state index in [9.17, 15) is 4.79 Å². The molecule has 31 heavy (non-hydrogen) atoms. The Bertz CT molecular complexity index is 1180. The molecule has 0 radical (unpaired) electrons. The van der Waals surface area contributed by atoms with Crippen molar-refractivity contribution in [2.45, 2.75) is 18.8 Å². The topological polar surface area (TPSA) is 111 Å². The lowest BCUT2D eigenvalue weighted by atomic mass is 9.90. The molecule has 0 aliphatic carbocycles. The first-order valence-electron chi connectivity index (χ1n) is 9.91. The molecule has 9 heteroatoms. The number of nitrogens with zero attached hydrogens (tertiary/aromatic N) is 7. The molecule has 154 valence electrons. The van der Waals surface area contributed by atoms with E-state index in [0.29, 0.717) is 30.5 Å². The number of aromatic nitrogens is 6. The van der Waals surface area contributed by atoms with Crippen molar-refractivity contribution in [2.75, 3.05) is 13.1 Å². The summed E-state index contributed by atoms with van der Waals surface area (Å²) in [5, 5.41) is 4.14. The lowest BCUT2D eigenvalue weighted by molar-refractivity contribution is 0.0781. The Morgan fingerprint density at radius 2 is 1.84 bits per heavy atom. The molecule has 1 aliphatic rings. The van der Waals surface area contributed by atoms with Crippen molar-refractivity contribution in [2.24, 2.45) is 0 Å². The molecule has 4 aromatic rings. The maximum atomic E-state index is 13.1. The third-order valence-corrected chi connectivity index (χ3v) is 5.42. The van der Waals surface area contributed by atoms with Crippen molar-refractivity contribution >= 4 is 5.91 Å². The predicted octanol–water partition coefficient (Wildman–Crippen LogP) is 2.65. The van der Waals surface area contributed by atoms with E-state index in [1.807, 2.05) is 37.4 Å². The minimum atomic E-state index is -0.169. The number of amides is 1. The second-order valence-electron chi connectivity index (χ2n) is 7.44. The maximum absolute atomic E-state index is 13.1. The van der Waals surface area contributed by atoms with Gasteiger partial charge >= 0.3 is 0 Å². The highest BCUT2D eigenvalue weighted by atomic mass is 16.5. The van der Waals surface area contributed by atoms with E-state index in [2.05, 4.69) is 30.1 Å². The number of likely N-dealkylation sites (tertiary alicyclic amines) is 1. The van der Waals surface area contributed by atoms with Crippen molar-refractivity contribution in [3.8, 4) is 11.4 Å². The van der Waals surface area contributed by atoms with Gasteiger partial charge in [-0.25, -0.2) is 4.98 Å². The van der Waals surface area contributed by atoms with Crippen LogP contribution < -0.4 is 0 Å². The average Bonchev–Trinajstić information content (AvgIpc) is 3.48. The van der Waals surface area contributed by atoms with Gasteiger partial charge in [0.1, 0.15) is 5.69 Å². The highest BCUT2D eigenvalue weighted by molar-refractivity contribution is 5.92. The SMILES string of the molecule is Cc1cnc(C(=O)N2CC(c3cccnc3)C(c3nc(-c4ccncc4)no3)C2)cn1. The van der Waals surface area contributed by atoms with E-state index < -0.39 is 0 Å². The smallest absolute Gasteiger partial charge is 0.274 e. The van der Waals surface area contributed by atoms with Crippen molar-refractivity contribution < 1.29 is 9.32 Å². The molecule has 5 rings (SSSR count). The molecule has 5 heterocycles. The lowest BCUT2D eigenvalue weighted by Crippen LogP contribution is -2.29. The molecule has 2 atom stereocenters. The Labute approximate surface area is 178 Å². The molecule has 0 aromatic carbocycles. The first-order valence-corrected chi connectivity index (χ1v) is 9.91. The van der Waals surface area contributed by atoms with Crippen molar-refractivity contribution in [3.05, 3.63) is 84.3 Å². The van der Waals surface area contributed by atoms with Gasteiger partial charge in [0.15, 0.2) is 0 Å². The Kier molecular flexibility index (Phi) is 4.91. The summed E-state index contributed by atoms with van der Waals surface area (Å²) >= 11 is 0. The third-order valence-electron chi connectivity index (χ3n) is 5.42. The van der Waals surface area contributed by atoms with Crippen LogP contribution in [0.25, 0.3) is 11.4 Å². The number of hydrogen-bond donors (Lipinski definition) is 0. The normalized spacial score (nSPS) is 18.3. The average molecular weight is 413 g/mol. The standard InChI is InChI=1S/C22H19N7O2/c1-14-9-26-19(11-25-14)22(30)29-12-17(16-3-2-6-24-10-16)18(13-29)21-27-20(28-31-21)15-4-7-23-8-5-15/h2-11,17-18H,12-13H2,1H3. The van der Waals surface area contributed by atoms with Crippen molar-refractivity contribution in [1.29, 1.82) is 0 Å². The number of pyridine rings is 2. The summed E-state index contributed by atoms with van der Waals surface area (Å²) in [7, 11) is 0. The van der Waals surface area contributed by atoms with Crippen LogP contribution in [0.1, 0.15) is 39.5 Å². The second-order valence-corrected chi connectivity index (χ2v) is 7.44. The monoisotopic (exact) mass is 413 g/mol. The largest absolute Gasteiger partial charge is 0.339 e. The highest BCUT2D eigenvalue weighted by Gasteiger charge is 2.41. The van der Waals surface area contributed by atoms with Crippen molar-refractivity contribution in [3.63, 3.8) is 0 Å². The quantitative estimate of drug-likeness (QED) is 0.502. The van der Waals surface area contributed by atoms with Gasteiger partial charge in [-0.1, -0.05) is 11.2 Å². The molecule has 0 spiro atoms. The van der Waals surface area contributed by atoms with Crippen LogP contribution >= 0.6 is 0 Å². The summed E-state index contributed by atoms with van der Waals surface area (Å²) in [6, 6.07) is 7.55. The van der Waals surface area contributed by atoms with Gasteiger partial charge < -0.3 is 9.42 Å². The zero-order valence-corrected chi connectivity index (χ0v) is 16.8. The van der Waals surface area contributed by atoms with Crippen LogP contribution in [0, 0.1) is 6.92 Å². The molecule has 0 saturated carbocycles. The first kappa shape index (κ1) is 19.0. The van der Waals surface area contributed by atoms with Gasteiger partial charge in [0.05, 0.1) is 17.8 Å². The van der Waals surface area contributed by atoms with Gasteiger partial charge in [0.2, 0.25) is 11.7 Å². The molecule has 4 aromatic heterocycles. The van der Waals surface area contributed by atoms with Crippen LogP contribution in [-0.4, -0.2) is 54.0 Å². The number of carbonyl (C=O) groups excluding carboxylic acids is 1. The molecular formula is C22H19N7O2. The van der Waals surface area contributed by atoms with E-state index >= 15 is 0 Å². The van der Waals surface area contributed by atoms with Gasteiger partial charge in [-0.15, -0.1) is 0 Å². The highest BCUT2D eigenvalue weighted by Crippen LogP contribution is 2.39. The number of hydrogen-bond acceptors (Lipinski definition) is 8. The molecule has 2 unspecified atom stereocenters. The molecule has 1 saturated heterocycles. The molecule has 1 fully saturated rings. The van der Waals surface area contributed by atoms with Crippen LogP contribution in [0.5, 0.6) is 0 Å². The molecular weight excluding hydrogens is 394 g/mol. The van der Waals surface area contributed by atoms with Gasteiger partial charge in [0.25, 0.3) is 5.91 Å². The van der Waals surface area contributed by atoms with Crippen molar-refractivity contribution in [1.82, 2.24) is 35.0 Å². The number of rotatable bonds is 4. The number of carbonyl (C=O) groups is 1. The fraction of sp³-hybridized carbons (Fsp3) is 0.227. The van der Waals surface area contributed by atoms with Gasteiger partial charge in [-0.3, -0.25) is 19.7 Å². The Morgan fingerprint density at radius 3 is 2.58 bits per heavy atom. The van der Waals surface area contributed by atoms with Crippen LogP contribution in [-0.2, 0) is 0 Å². The second kappa shape index (κ2) is 8.02. The summed E-state index contributed by atoms with van der Waals surface area (Å²) in [5.41, 5.74) is 2.92. The minimum absolute atomic E-state index is 0.0261. The van der Waals surface area contributed by atoms with Gasteiger partial charge in [-0.05, 0) is 30.7 Å². The van der Waals surface area contributed by atoms with E-state index in [1.54, 1.807) is 29.7 Å². The molecule has 9 nitrogen and oxygen atoms in total. The summed E-state index contributed by atoms with van der Waals surface area (Å²) in [4.78, 5) is 36.2. The predicted molar refractivity (Wildman–Crippen MR) is 110 cm³/mol. The molecule has 0 bridgehead atoms. The first-order chi connectivity index (χ1) is 15.2. The lowest BCUT2D eigenvalue weighted by Gasteiger charge is -2.15. The fourth-order valence-corrected chi connectivity index (χ4v) is 3.82. The van der Waals surface area contributed by atoms with Gasteiger partial charge in [-0.2, -0.15) is 4.98 Å².